The SMILES string of the molecule is Cc1ccc(C2CCC(N)CC2)cc1.Cl. The van der Waals surface area contributed by atoms with Crippen LogP contribution in [-0.4, -0.2) is 6.04 Å². The van der Waals surface area contributed by atoms with E-state index in [1.165, 1.54) is 36.8 Å². The van der Waals surface area contributed by atoms with Gasteiger partial charge in [0.05, 0.1) is 0 Å². The van der Waals surface area contributed by atoms with Gasteiger partial charge >= 0.3 is 0 Å². The predicted octanol–water partition coefficient (Wildman–Crippen LogP) is 3.40. The first-order valence-corrected chi connectivity index (χ1v) is 5.58. The molecule has 84 valence electrons. The average Bonchev–Trinajstić information content (AvgIpc) is 2.21. The van der Waals surface area contributed by atoms with Gasteiger partial charge in [0.2, 0.25) is 0 Å². The van der Waals surface area contributed by atoms with Gasteiger partial charge in [-0.05, 0) is 44.1 Å². The van der Waals surface area contributed by atoms with Gasteiger partial charge in [-0.15, -0.1) is 12.4 Å². The van der Waals surface area contributed by atoms with Crippen molar-refractivity contribution in [1.29, 1.82) is 0 Å². The molecule has 0 aromatic heterocycles. The quantitative estimate of drug-likeness (QED) is 0.779. The molecule has 2 N–H and O–H groups in total. The van der Waals surface area contributed by atoms with Crippen molar-refractivity contribution >= 4 is 12.4 Å². The van der Waals surface area contributed by atoms with Crippen LogP contribution >= 0.6 is 12.4 Å². The zero-order valence-electron chi connectivity index (χ0n) is 9.28. The molecule has 2 rings (SSSR count). The molecule has 2 heteroatoms. The molecule has 0 atom stereocenters. The van der Waals surface area contributed by atoms with Crippen LogP contribution in [-0.2, 0) is 0 Å². The number of nitrogens with two attached hydrogens (primary N) is 1. The Morgan fingerprint density at radius 1 is 1.00 bits per heavy atom. The Hall–Kier alpha value is -0.530. The summed E-state index contributed by atoms with van der Waals surface area (Å²) >= 11 is 0. The van der Waals surface area contributed by atoms with E-state index in [1.807, 2.05) is 0 Å². The third kappa shape index (κ3) is 3.22. The molecular weight excluding hydrogens is 206 g/mol. The standard InChI is InChI=1S/C13H19N.ClH/c1-10-2-4-11(5-3-10)12-6-8-13(14)9-7-12;/h2-5,12-13H,6-9,14H2,1H3;1H. The normalized spacial score (nSPS) is 25.7. The summed E-state index contributed by atoms with van der Waals surface area (Å²) in [5.41, 5.74) is 8.75. The largest absolute Gasteiger partial charge is 0.328 e. The maximum absolute atomic E-state index is 5.90. The van der Waals surface area contributed by atoms with Crippen LogP contribution in [0.4, 0.5) is 0 Å². The third-order valence-corrected chi connectivity index (χ3v) is 3.32. The highest BCUT2D eigenvalue weighted by Crippen LogP contribution is 2.32. The fourth-order valence-corrected chi connectivity index (χ4v) is 2.29. The van der Waals surface area contributed by atoms with Crippen molar-refractivity contribution in [3.63, 3.8) is 0 Å². The highest BCUT2D eigenvalue weighted by molar-refractivity contribution is 5.85. The van der Waals surface area contributed by atoms with Gasteiger partial charge < -0.3 is 5.73 Å². The molecule has 1 aliphatic rings. The predicted molar refractivity (Wildman–Crippen MR) is 67.6 cm³/mol. The van der Waals surface area contributed by atoms with Crippen LogP contribution < -0.4 is 5.73 Å². The second kappa shape index (κ2) is 5.53. The highest BCUT2D eigenvalue weighted by atomic mass is 35.5. The number of rotatable bonds is 1. The molecule has 1 aromatic carbocycles. The van der Waals surface area contributed by atoms with Crippen molar-refractivity contribution in [3.05, 3.63) is 35.4 Å². The van der Waals surface area contributed by atoms with E-state index < -0.39 is 0 Å². The molecule has 1 nitrogen and oxygen atoms in total. The van der Waals surface area contributed by atoms with Crippen LogP contribution in [0.5, 0.6) is 0 Å². The zero-order valence-corrected chi connectivity index (χ0v) is 10.1. The van der Waals surface area contributed by atoms with Gasteiger partial charge in [0, 0.05) is 6.04 Å². The van der Waals surface area contributed by atoms with Crippen LogP contribution in [0.1, 0.15) is 42.7 Å². The maximum Gasteiger partial charge on any atom is 0.00392 e. The molecule has 1 aromatic rings. The maximum atomic E-state index is 5.90. The summed E-state index contributed by atoms with van der Waals surface area (Å²) in [5.74, 6) is 0.760. The lowest BCUT2D eigenvalue weighted by Crippen LogP contribution is -2.25. The second-order valence-corrected chi connectivity index (χ2v) is 4.52. The van der Waals surface area contributed by atoms with Crippen molar-refractivity contribution in [1.82, 2.24) is 0 Å². The number of benzene rings is 1. The molecule has 0 unspecified atom stereocenters. The van der Waals surface area contributed by atoms with Gasteiger partial charge in [0.1, 0.15) is 0 Å². The third-order valence-electron chi connectivity index (χ3n) is 3.32. The van der Waals surface area contributed by atoms with Crippen LogP contribution in [0.3, 0.4) is 0 Å². The minimum atomic E-state index is 0. The van der Waals surface area contributed by atoms with Gasteiger partial charge in [0.25, 0.3) is 0 Å². The van der Waals surface area contributed by atoms with Crippen LogP contribution in [0.2, 0.25) is 0 Å². The topological polar surface area (TPSA) is 26.0 Å². The minimum absolute atomic E-state index is 0. The van der Waals surface area contributed by atoms with E-state index in [-0.39, 0.29) is 12.4 Å². The fourth-order valence-electron chi connectivity index (χ4n) is 2.29. The minimum Gasteiger partial charge on any atom is -0.328 e. The molecule has 15 heavy (non-hydrogen) atoms. The number of hydrogen-bond donors (Lipinski definition) is 1. The van der Waals surface area contributed by atoms with Crippen molar-refractivity contribution in [3.8, 4) is 0 Å². The Morgan fingerprint density at radius 2 is 1.53 bits per heavy atom. The van der Waals surface area contributed by atoms with Gasteiger partial charge in [0.15, 0.2) is 0 Å². The lowest BCUT2D eigenvalue weighted by Gasteiger charge is -2.26. The summed E-state index contributed by atoms with van der Waals surface area (Å²) in [6.07, 6.45) is 4.92. The molecule has 1 aliphatic carbocycles. The molecule has 0 aliphatic heterocycles. The molecule has 0 bridgehead atoms. The molecule has 1 saturated carbocycles. The van der Waals surface area contributed by atoms with Crippen molar-refractivity contribution < 1.29 is 0 Å². The Bertz CT molecular complexity index is 286. The smallest absolute Gasteiger partial charge is 0.00392 e. The molecule has 1 fully saturated rings. The summed E-state index contributed by atoms with van der Waals surface area (Å²) in [6, 6.07) is 9.43. The Kier molecular flexibility index (Phi) is 4.62. The Morgan fingerprint density at radius 3 is 2.07 bits per heavy atom. The van der Waals surface area contributed by atoms with Crippen molar-refractivity contribution in [2.75, 3.05) is 0 Å². The first-order valence-electron chi connectivity index (χ1n) is 5.58. The van der Waals surface area contributed by atoms with Crippen LogP contribution in [0, 0.1) is 6.92 Å². The summed E-state index contributed by atoms with van der Waals surface area (Å²) in [4.78, 5) is 0. The van der Waals surface area contributed by atoms with Gasteiger partial charge in [-0.2, -0.15) is 0 Å². The van der Waals surface area contributed by atoms with E-state index in [1.54, 1.807) is 0 Å². The lowest BCUT2D eigenvalue weighted by molar-refractivity contribution is 0.395. The molecule has 0 saturated heterocycles. The van der Waals surface area contributed by atoms with Crippen molar-refractivity contribution in [2.24, 2.45) is 5.73 Å². The molecule has 0 radical (unpaired) electrons. The molecule has 0 heterocycles. The lowest BCUT2D eigenvalue weighted by atomic mass is 9.82. The summed E-state index contributed by atoms with van der Waals surface area (Å²) in [5, 5.41) is 0. The van der Waals surface area contributed by atoms with Crippen molar-refractivity contribution in [2.45, 2.75) is 44.6 Å². The van der Waals surface area contributed by atoms with Gasteiger partial charge in [-0.1, -0.05) is 29.8 Å². The summed E-state index contributed by atoms with van der Waals surface area (Å²) in [6.45, 7) is 2.14. The second-order valence-electron chi connectivity index (χ2n) is 4.52. The first kappa shape index (κ1) is 12.5. The van der Waals surface area contributed by atoms with E-state index in [2.05, 4.69) is 31.2 Å². The zero-order chi connectivity index (χ0) is 9.97. The number of hydrogen-bond acceptors (Lipinski definition) is 1. The monoisotopic (exact) mass is 225 g/mol. The van der Waals surface area contributed by atoms with E-state index in [0.717, 1.165) is 5.92 Å². The summed E-state index contributed by atoms with van der Waals surface area (Å²) in [7, 11) is 0. The van der Waals surface area contributed by atoms with E-state index >= 15 is 0 Å². The average molecular weight is 226 g/mol. The molecular formula is C13H20ClN. The van der Waals surface area contributed by atoms with E-state index in [9.17, 15) is 0 Å². The number of halogens is 1. The molecule has 0 amide bonds. The fraction of sp³-hybridized carbons (Fsp3) is 0.538. The van der Waals surface area contributed by atoms with E-state index in [4.69, 9.17) is 5.73 Å². The Balaban J connectivity index is 0.00000112. The Labute approximate surface area is 98.5 Å². The van der Waals surface area contributed by atoms with Crippen LogP contribution in [0.15, 0.2) is 24.3 Å². The van der Waals surface area contributed by atoms with Gasteiger partial charge in [-0.3, -0.25) is 0 Å². The molecule has 0 spiro atoms. The van der Waals surface area contributed by atoms with Gasteiger partial charge in [-0.25, -0.2) is 0 Å². The number of aryl methyl sites for hydroxylation is 1. The van der Waals surface area contributed by atoms with E-state index in [0.29, 0.717) is 6.04 Å². The highest BCUT2D eigenvalue weighted by Gasteiger charge is 2.19. The first-order chi connectivity index (χ1) is 6.75. The van der Waals surface area contributed by atoms with Crippen LogP contribution in [0.25, 0.3) is 0 Å². The summed E-state index contributed by atoms with van der Waals surface area (Å²) < 4.78 is 0.